The molecule has 2 rings (SSSR count). The Balaban J connectivity index is 1.85. The zero-order chi connectivity index (χ0) is 13.7. The van der Waals surface area contributed by atoms with Gasteiger partial charge in [0.1, 0.15) is 5.75 Å². The summed E-state index contributed by atoms with van der Waals surface area (Å²) in [5, 5.41) is 3.02. The monoisotopic (exact) mass is 263 g/mol. The number of carbonyl (C=O) groups excluding carboxylic acids is 1. The summed E-state index contributed by atoms with van der Waals surface area (Å²) in [6.45, 7) is 5.26. The standard InChI is InChI=1S/C15H21NO3/c1-3-18-13-7-5-6-11(8-13)15(17)16-12-9-14(10-12)19-4-2/h5-8,12,14H,3-4,9-10H2,1-2H3,(H,16,17). The van der Waals surface area contributed by atoms with Gasteiger partial charge in [0.2, 0.25) is 0 Å². The normalized spacial score (nSPS) is 21.6. The Morgan fingerprint density at radius 3 is 2.79 bits per heavy atom. The molecule has 1 saturated carbocycles. The maximum absolute atomic E-state index is 12.1. The molecule has 1 aliphatic rings. The summed E-state index contributed by atoms with van der Waals surface area (Å²) in [6.07, 6.45) is 2.13. The van der Waals surface area contributed by atoms with Gasteiger partial charge >= 0.3 is 0 Å². The third kappa shape index (κ3) is 3.70. The van der Waals surface area contributed by atoms with Crippen LogP contribution in [0.4, 0.5) is 0 Å². The van der Waals surface area contributed by atoms with E-state index in [0.717, 1.165) is 25.2 Å². The minimum absolute atomic E-state index is 0.0403. The van der Waals surface area contributed by atoms with Gasteiger partial charge in [-0.2, -0.15) is 0 Å². The van der Waals surface area contributed by atoms with Crippen LogP contribution in [0.5, 0.6) is 5.75 Å². The van der Waals surface area contributed by atoms with Crippen LogP contribution in [0.2, 0.25) is 0 Å². The molecule has 0 saturated heterocycles. The van der Waals surface area contributed by atoms with Crippen LogP contribution in [0, 0.1) is 0 Å². The highest BCUT2D eigenvalue weighted by atomic mass is 16.5. The Hall–Kier alpha value is -1.55. The Kier molecular flexibility index (Phi) is 4.80. The van der Waals surface area contributed by atoms with Gasteiger partial charge in [0.25, 0.3) is 5.91 Å². The summed E-state index contributed by atoms with van der Waals surface area (Å²) < 4.78 is 10.9. The number of hydrogen-bond acceptors (Lipinski definition) is 3. The average Bonchev–Trinajstić information content (AvgIpc) is 2.37. The van der Waals surface area contributed by atoms with E-state index in [-0.39, 0.29) is 11.9 Å². The van der Waals surface area contributed by atoms with Crippen molar-refractivity contribution in [1.29, 1.82) is 0 Å². The van der Waals surface area contributed by atoms with E-state index in [1.165, 1.54) is 0 Å². The van der Waals surface area contributed by atoms with Crippen molar-refractivity contribution in [3.05, 3.63) is 29.8 Å². The predicted octanol–water partition coefficient (Wildman–Crippen LogP) is 2.38. The minimum atomic E-state index is -0.0403. The smallest absolute Gasteiger partial charge is 0.251 e. The van der Waals surface area contributed by atoms with Crippen LogP contribution in [0.3, 0.4) is 0 Å². The van der Waals surface area contributed by atoms with Crippen molar-refractivity contribution in [2.75, 3.05) is 13.2 Å². The predicted molar refractivity (Wildman–Crippen MR) is 73.5 cm³/mol. The average molecular weight is 263 g/mol. The van der Waals surface area contributed by atoms with Crippen molar-refractivity contribution in [2.24, 2.45) is 0 Å². The number of rotatable bonds is 6. The second-order valence-corrected chi connectivity index (χ2v) is 4.68. The molecule has 104 valence electrons. The van der Waals surface area contributed by atoms with Gasteiger partial charge in [0.15, 0.2) is 0 Å². The molecule has 1 fully saturated rings. The molecule has 0 radical (unpaired) electrons. The molecular weight excluding hydrogens is 242 g/mol. The van der Waals surface area contributed by atoms with E-state index >= 15 is 0 Å². The van der Waals surface area contributed by atoms with Crippen LogP contribution in [-0.4, -0.2) is 31.3 Å². The minimum Gasteiger partial charge on any atom is -0.494 e. The van der Waals surface area contributed by atoms with Crippen LogP contribution < -0.4 is 10.1 Å². The molecule has 0 aliphatic heterocycles. The van der Waals surface area contributed by atoms with Crippen molar-refractivity contribution in [3.63, 3.8) is 0 Å². The first-order chi connectivity index (χ1) is 9.22. The third-order valence-corrected chi connectivity index (χ3v) is 3.24. The van der Waals surface area contributed by atoms with Crippen molar-refractivity contribution in [1.82, 2.24) is 5.32 Å². The molecular formula is C15H21NO3. The molecule has 1 amide bonds. The SMILES string of the molecule is CCOc1cccc(C(=O)NC2CC(OCC)C2)c1. The summed E-state index contributed by atoms with van der Waals surface area (Å²) in [4.78, 5) is 12.1. The fourth-order valence-electron chi connectivity index (χ4n) is 2.22. The van der Waals surface area contributed by atoms with Gasteiger partial charge in [-0.05, 0) is 44.9 Å². The van der Waals surface area contributed by atoms with E-state index in [4.69, 9.17) is 9.47 Å². The van der Waals surface area contributed by atoms with Crippen molar-refractivity contribution in [3.8, 4) is 5.75 Å². The van der Waals surface area contributed by atoms with Gasteiger partial charge in [-0.3, -0.25) is 4.79 Å². The fraction of sp³-hybridized carbons (Fsp3) is 0.533. The first kappa shape index (κ1) is 13.9. The summed E-state index contributed by atoms with van der Waals surface area (Å²) in [5.74, 6) is 0.692. The molecule has 1 aromatic rings. The Morgan fingerprint density at radius 2 is 2.11 bits per heavy atom. The second-order valence-electron chi connectivity index (χ2n) is 4.68. The number of benzene rings is 1. The fourth-order valence-corrected chi connectivity index (χ4v) is 2.22. The number of carbonyl (C=O) groups is 1. The van der Waals surface area contributed by atoms with Gasteiger partial charge in [-0.15, -0.1) is 0 Å². The lowest BCUT2D eigenvalue weighted by Crippen LogP contribution is -2.47. The van der Waals surface area contributed by atoms with E-state index in [1.807, 2.05) is 26.0 Å². The number of amides is 1. The molecule has 1 N–H and O–H groups in total. The summed E-state index contributed by atoms with van der Waals surface area (Å²) >= 11 is 0. The molecule has 0 aromatic heterocycles. The molecule has 0 spiro atoms. The highest BCUT2D eigenvalue weighted by molar-refractivity contribution is 5.94. The lowest BCUT2D eigenvalue weighted by molar-refractivity contribution is -0.00862. The van der Waals surface area contributed by atoms with E-state index in [1.54, 1.807) is 12.1 Å². The van der Waals surface area contributed by atoms with E-state index in [9.17, 15) is 4.79 Å². The van der Waals surface area contributed by atoms with E-state index < -0.39 is 0 Å². The van der Waals surface area contributed by atoms with Crippen molar-refractivity contribution in [2.45, 2.75) is 38.8 Å². The Labute approximate surface area is 114 Å². The lowest BCUT2D eigenvalue weighted by atomic mass is 9.89. The molecule has 1 aliphatic carbocycles. The van der Waals surface area contributed by atoms with Crippen LogP contribution in [0.1, 0.15) is 37.0 Å². The van der Waals surface area contributed by atoms with Crippen LogP contribution in [0.15, 0.2) is 24.3 Å². The molecule has 0 atom stereocenters. The lowest BCUT2D eigenvalue weighted by Gasteiger charge is -2.35. The molecule has 4 nitrogen and oxygen atoms in total. The largest absolute Gasteiger partial charge is 0.494 e. The molecule has 4 heteroatoms. The zero-order valence-corrected chi connectivity index (χ0v) is 11.5. The topological polar surface area (TPSA) is 47.6 Å². The quantitative estimate of drug-likeness (QED) is 0.857. The van der Waals surface area contributed by atoms with Gasteiger partial charge < -0.3 is 14.8 Å². The molecule has 19 heavy (non-hydrogen) atoms. The molecule has 0 heterocycles. The zero-order valence-electron chi connectivity index (χ0n) is 11.5. The molecule has 0 bridgehead atoms. The highest BCUT2D eigenvalue weighted by Crippen LogP contribution is 2.23. The van der Waals surface area contributed by atoms with E-state index in [0.29, 0.717) is 18.3 Å². The highest BCUT2D eigenvalue weighted by Gasteiger charge is 2.30. The van der Waals surface area contributed by atoms with Crippen molar-refractivity contribution >= 4 is 5.91 Å². The summed E-state index contributed by atoms with van der Waals surface area (Å²) in [5.41, 5.74) is 0.644. The molecule has 0 unspecified atom stereocenters. The first-order valence-corrected chi connectivity index (χ1v) is 6.88. The van der Waals surface area contributed by atoms with Gasteiger partial charge in [-0.25, -0.2) is 0 Å². The maximum atomic E-state index is 12.1. The Bertz CT molecular complexity index is 427. The number of nitrogens with one attached hydrogen (secondary N) is 1. The summed E-state index contributed by atoms with van der Waals surface area (Å²) in [7, 11) is 0. The van der Waals surface area contributed by atoms with Crippen LogP contribution in [-0.2, 0) is 4.74 Å². The van der Waals surface area contributed by atoms with Gasteiger partial charge in [0, 0.05) is 18.2 Å². The third-order valence-electron chi connectivity index (χ3n) is 3.24. The second kappa shape index (κ2) is 6.57. The number of hydrogen-bond donors (Lipinski definition) is 1. The number of ether oxygens (including phenoxy) is 2. The maximum Gasteiger partial charge on any atom is 0.251 e. The first-order valence-electron chi connectivity index (χ1n) is 6.88. The Morgan fingerprint density at radius 1 is 1.32 bits per heavy atom. The van der Waals surface area contributed by atoms with Gasteiger partial charge in [0.05, 0.1) is 12.7 Å². The summed E-state index contributed by atoms with van der Waals surface area (Å²) in [6, 6.07) is 7.51. The molecule has 1 aromatic carbocycles. The van der Waals surface area contributed by atoms with Crippen LogP contribution in [0.25, 0.3) is 0 Å². The van der Waals surface area contributed by atoms with E-state index in [2.05, 4.69) is 5.32 Å². The van der Waals surface area contributed by atoms with Crippen molar-refractivity contribution < 1.29 is 14.3 Å². The van der Waals surface area contributed by atoms with Gasteiger partial charge in [-0.1, -0.05) is 6.07 Å². The van der Waals surface area contributed by atoms with Crippen LogP contribution >= 0.6 is 0 Å².